The van der Waals surface area contributed by atoms with E-state index in [4.69, 9.17) is 10.5 Å². The fourth-order valence-electron chi connectivity index (χ4n) is 1.71. The second-order valence-corrected chi connectivity index (χ2v) is 4.37. The molecule has 0 aromatic heterocycles. The molecule has 0 aliphatic heterocycles. The maximum absolute atomic E-state index is 13.4. The number of amides is 1. The van der Waals surface area contributed by atoms with E-state index in [1.54, 1.807) is 0 Å². The third kappa shape index (κ3) is 4.57. The van der Waals surface area contributed by atoms with Crippen molar-refractivity contribution in [2.75, 3.05) is 27.3 Å². The molecule has 0 aliphatic carbocycles. The summed E-state index contributed by atoms with van der Waals surface area (Å²) in [7, 11) is 3.05. The van der Waals surface area contributed by atoms with Crippen molar-refractivity contribution in [3.8, 4) is 0 Å². The first-order chi connectivity index (χ1) is 8.95. The Bertz CT molecular complexity index is 420. The van der Waals surface area contributed by atoms with E-state index in [0.29, 0.717) is 6.61 Å². The zero-order valence-corrected chi connectivity index (χ0v) is 11.0. The van der Waals surface area contributed by atoms with Gasteiger partial charge in [0.2, 0.25) is 5.91 Å². The van der Waals surface area contributed by atoms with Crippen LogP contribution in [0.2, 0.25) is 0 Å². The molecule has 1 atom stereocenters. The summed E-state index contributed by atoms with van der Waals surface area (Å²) in [6.07, 6.45) is -0.325. The van der Waals surface area contributed by atoms with Crippen molar-refractivity contribution >= 4 is 5.91 Å². The van der Waals surface area contributed by atoms with Crippen molar-refractivity contribution in [3.05, 3.63) is 35.4 Å². The fraction of sp³-hybridized carbons (Fsp3) is 0.462. The number of carbonyl (C=O) groups is 1. The summed E-state index contributed by atoms with van der Waals surface area (Å²) < 4.78 is 31.7. The Kier molecular flexibility index (Phi) is 5.85. The molecule has 1 unspecified atom stereocenters. The molecular formula is C13H18F2N2O2. The van der Waals surface area contributed by atoms with Crippen LogP contribution in [0, 0.1) is 11.6 Å². The Labute approximate surface area is 111 Å². The molecule has 0 saturated carbocycles. The molecule has 0 saturated heterocycles. The van der Waals surface area contributed by atoms with Crippen LogP contribution in [0.25, 0.3) is 0 Å². The monoisotopic (exact) mass is 272 g/mol. The Morgan fingerprint density at radius 1 is 1.42 bits per heavy atom. The number of nitrogens with two attached hydrogens (primary N) is 1. The van der Waals surface area contributed by atoms with E-state index in [0.717, 1.165) is 12.1 Å². The van der Waals surface area contributed by atoms with E-state index in [-0.39, 0.29) is 24.6 Å². The van der Waals surface area contributed by atoms with Gasteiger partial charge in [-0.2, -0.15) is 0 Å². The highest BCUT2D eigenvalue weighted by Gasteiger charge is 2.17. The minimum atomic E-state index is -0.720. The molecule has 1 aromatic carbocycles. The zero-order chi connectivity index (χ0) is 14.4. The maximum atomic E-state index is 13.4. The van der Waals surface area contributed by atoms with Gasteiger partial charge < -0.3 is 15.4 Å². The van der Waals surface area contributed by atoms with E-state index < -0.39 is 17.5 Å². The largest absolute Gasteiger partial charge is 0.383 e. The minimum absolute atomic E-state index is 0.223. The van der Waals surface area contributed by atoms with Gasteiger partial charge in [-0.15, -0.1) is 0 Å². The highest BCUT2D eigenvalue weighted by atomic mass is 19.1. The number of methoxy groups -OCH3 is 1. The van der Waals surface area contributed by atoms with Gasteiger partial charge in [0.05, 0.1) is 13.0 Å². The van der Waals surface area contributed by atoms with Gasteiger partial charge in [-0.25, -0.2) is 8.78 Å². The number of carbonyl (C=O) groups excluding carboxylic acids is 1. The molecule has 0 bridgehead atoms. The predicted octanol–water partition coefficient (Wildman–Crippen LogP) is 0.939. The van der Waals surface area contributed by atoms with E-state index in [1.807, 2.05) is 0 Å². The summed E-state index contributed by atoms with van der Waals surface area (Å²) in [5, 5.41) is 0. The molecule has 1 amide bonds. The first-order valence-corrected chi connectivity index (χ1v) is 5.87. The number of nitrogens with zero attached hydrogens (tertiary/aromatic N) is 1. The Morgan fingerprint density at radius 3 is 2.53 bits per heavy atom. The number of benzene rings is 1. The van der Waals surface area contributed by atoms with Gasteiger partial charge in [0.1, 0.15) is 11.6 Å². The summed E-state index contributed by atoms with van der Waals surface area (Å²) in [6.45, 7) is 0.578. The molecular weight excluding hydrogens is 254 g/mol. The molecule has 0 radical (unpaired) electrons. The van der Waals surface area contributed by atoms with Crippen LogP contribution >= 0.6 is 0 Å². The summed E-state index contributed by atoms with van der Waals surface area (Å²) in [6, 6.07) is 3.19. The van der Waals surface area contributed by atoms with Gasteiger partial charge >= 0.3 is 0 Å². The molecule has 1 rings (SSSR count). The van der Waals surface area contributed by atoms with Crippen molar-refractivity contribution in [1.29, 1.82) is 0 Å². The molecule has 0 spiro atoms. The van der Waals surface area contributed by atoms with Crippen molar-refractivity contribution in [1.82, 2.24) is 4.90 Å². The van der Waals surface area contributed by atoms with Gasteiger partial charge in [-0.05, 0) is 12.1 Å². The molecule has 1 aromatic rings. The number of hydrogen-bond donors (Lipinski definition) is 1. The number of rotatable bonds is 6. The van der Waals surface area contributed by atoms with Crippen LogP contribution in [0.3, 0.4) is 0 Å². The Morgan fingerprint density at radius 2 is 2.00 bits per heavy atom. The highest BCUT2D eigenvalue weighted by molar-refractivity contribution is 5.78. The standard InChI is InChI=1S/C13H18F2N2O2/c1-17(7-9(16)8-19-2)13(18)6-10-11(14)4-3-5-12(10)15/h3-5,9H,6-8,16H2,1-2H3. The number of ether oxygens (including phenoxy) is 1. The van der Waals surface area contributed by atoms with Crippen LogP contribution in [-0.2, 0) is 16.0 Å². The smallest absolute Gasteiger partial charge is 0.227 e. The van der Waals surface area contributed by atoms with Crippen molar-refractivity contribution < 1.29 is 18.3 Å². The van der Waals surface area contributed by atoms with E-state index >= 15 is 0 Å². The van der Waals surface area contributed by atoms with Gasteiger partial charge in [-0.3, -0.25) is 4.79 Å². The van der Waals surface area contributed by atoms with Gasteiger partial charge in [0, 0.05) is 32.3 Å². The first kappa shape index (κ1) is 15.5. The lowest BCUT2D eigenvalue weighted by Gasteiger charge is -2.21. The number of hydrogen-bond acceptors (Lipinski definition) is 3. The Balaban J connectivity index is 2.64. The quantitative estimate of drug-likeness (QED) is 0.838. The Hall–Kier alpha value is -1.53. The molecule has 19 heavy (non-hydrogen) atoms. The molecule has 0 heterocycles. The lowest BCUT2D eigenvalue weighted by atomic mass is 10.1. The fourth-order valence-corrected chi connectivity index (χ4v) is 1.71. The van der Waals surface area contributed by atoms with E-state index in [9.17, 15) is 13.6 Å². The lowest BCUT2D eigenvalue weighted by Crippen LogP contribution is -2.41. The van der Waals surface area contributed by atoms with Crippen LogP contribution < -0.4 is 5.73 Å². The number of likely N-dealkylation sites (N-methyl/N-ethyl adjacent to an activating group) is 1. The van der Waals surface area contributed by atoms with Crippen molar-refractivity contribution in [3.63, 3.8) is 0 Å². The molecule has 4 nitrogen and oxygen atoms in total. The summed E-state index contributed by atoms with van der Waals surface area (Å²) in [5.41, 5.74) is 5.49. The summed E-state index contributed by atoms with van der Waals surface area (Å²) in [4.78, 5) is 13.2. The first-order valence-electron chi connectivity index (χ1n) is 5.87. The average Bonchev–Trinajstić information content (AvgIpc) is 2.34. The topological polar surface area (TPSA) is 55.6 Å². The summed E-state index contributed by atoms with van der Waals surface area (Å²) in [5.74, 6) is -1.83. The average molecular weight is 272 g/mol. The van der Waals surface area contributed by atoms with Gasteiger partial charge in [-0.1, -0.05) is 6.07 Å². The third-order valence-corrected chi connectivity index (χ3v) is 2.70. The SMILES string of the molecule is COCC(N)CN(C)C(=O)Cc1c(F)cccc1F. The van der Waals surface area contributed by atoms with E-state index in [1.165, 1.54) is 25.1 Å². The number of halogens is 2. The maximum Gasteiger partial charge on any atom is 0.227 e. The lowest BCUT2D eigenvalue weighted by molar-refractivity contribution is -0.129. The molecule has 6 heteroatoms. The highest BCUT2D eigenvalue weighted by Crippen LogP contribution is 2.13. The van der Waals surface area contributed by atoms with Gasteiger partial charge in [0.15, 0.2) is 0 Å². The van der Waals surface area contributed by atoms with E-state index in [2.05, 4.69) is 0 Å². The van der Waals surface area contributed by atoms with Crippen LogP contribution in [0.1, 0.15) is 5.56 Å². The second kappa shape index (κ2) is 7.16. The zero-order valence-electron chi connectivity index (χ0n) is 11.0. The molecule has 106 valence electrons. The van der Waals surface area contributed by atoms with Crippen LogP contribution in [0.4, 0.5) is 8.78 Å². The molecule has 2 N–H and O–H groups in total. The molecule has 0 aliphatic rings. The normalized spacial score (nSPS) is 12.3. The third-order valence-electron chi connectivity index (χ3n) is 2.70. The van der Waals surface area contributed by atoms with Crippen molar-refractivity contribution in [2.45, 2.75) is 12.5 Å². The second-order valence-electron chi connectivity index (χ2n) is 4.37. The van der Waals surface area contributed by atoms with Crippen LogP contribution in [0.15, 0.2) is 18.2 Å². The van der Waals surface area contributed by atoms with Crippen LogP contribution in [0.5, 0.6) is 0 Å². The van der Waals surface area contributed by atoms with Gasteiger partial charge in [0.25, 0.3) is 0 Å². The van der Waals surface area contributed by atoms with Crippen LogP contribution in [-0.4, -0.2) is 44.2 Å². The summed E-state index contributed by atoms with van der Waals surface area (Å²) >= 11 is 0. The molecule has 0 fully saturated rings. The predicted molar refractivity (Wildman–Crippen MR) is 67.6 cm³/mol. The minimum Gasteiger partial charge on any atom is -0.383 e. The van der Waals surface area contributed by atoms with Crippen molar-refractivity contribution in [2.24, 2.45) is 5.73 Å².